The second-order valence-electron chi connectivity index (χ2n) is 6.19. The second kappa shape index (κ2) is 8.25. The van der Waals surface area contributed by atoms with Gasteiger partial charge in [0, 0.05) is 50.1 Å². The highest BCUT2D eigenvalue weighted by Gasteiger charge is 2.28. The van der Waals surface area contributed by atoms with Crippen molar-refractivity contribution >= 4 is 17.7 Å². The summed E-state index contributed by atoms with van der Waals surface area (Å²) in [4.78, 5) is 16.8. The van der Waals surface area contributed by atoms with Crippen LogP contribution < -0.4 is 5.32 Å². The van der Waals surface area contributed by atoms with Crippen molar-refractivity contribution in [2.45, 2.75) is 32.2 Å². The van der Waals surface area contributed by atoms with Crippen LogP contribution in [0, 0.1) is 5.92 Å². The van der Waals surface area contributed by atoms with Crippen LogP contribution in [0.3, 0.4) is 0 Å². The van der Waals surface area contributed by atoms with Gasteiger partial charge in [0.2, 0.25) is 5.91 Å². The maximum Gasteiger partial charge on any atom is 0.224 e. The number of hydrogen-bond acceptors (Lipinski definition) is 4. The zero-order chi connectivity index (χ0) is 14.4. The summed E-state index contributed by atoms with van der Waals surface area (Å²) in [6, 6.07) is 0.392. The molecule has 0 radical (unpaired) electrons. The lowest BCUT2D eigenvalue weighted by Crippen LogP contribution is -2.42. The minimum atomic E-state index is 0.352. The average Bonchev–Trinajstić information content (AvgIpc) is 2.88. The molecule has 0 aromatic heterocycles. The fraction of sp³-hybridized carbons (Fsp3) is 0.933. The molecule has 116 valence electrons. The number of hydrogen-bond donors (Lipinski definition) is 1. The van der Waals surface area contributed by atoms with Crippen LogP contribution in [0.1, 0.15) is 26.2 Å². The van der Waals surface area contributed by atoms with Crippen molar-refractivity contribution in [2.75, 3.05) is 51.3 Å². The number of nitrogens with one attached hydrogen (secondary N) is 1. The molecule has 2 unspecified atom stereocenters. The van der Waals surface area contributed by atoms with Gasteiger partial charge < -0.3 is 15.1 Å². The Kier molecular flexibility index (Phi) is 6.65. The molecule has 0 saturated carbocycles. The first-order valence-electron chi connectivity index (χ1n) is 7.96. The molecule has 0 bridgehead atoms. The Morgan fingerprint density at radius 2 is 2.35 bits per heavy atom. The number of carbonyl (C=O) groups excluding carboxylic acids is 1. The smallest absolute Gasteiger partial charge is 0.224 e. The van der Waals surface area contributed by atoms with Gasteiger partial charge in [-0.25, -0.2) is 0 Å². The van der Waals surface area contributed by atoms with Gasteiger partial charge in [-0.1, -0.05) is 6.92 Å². The largest absolute Gasteiger partial charge is 0.342 e. The number of likely N-dealkylation sites (tertiary alicyclic amines) is 1. The van der Waals surface area contributed by atoms with E-state index in [-0.39, 0.29) is 0 Å². The van der Waals surface area contributed by atoms with Gasteiger partial charge in [-0.05, 0) is 32.4 Å². The van der Waals surface area contributed by atoms with E-state index >= 15 is 0 Å². The Labute approximate surface area is 127 Å². The number of rotatable bonds is 6. The topological polar surface area (TPSA) is 35.6 Å². The Hall–Kier alpha value is -0.260. The third-order valence-electron chi connectivity index (χ3n) is 4.23. The fourth-order valence-corrected chi connectivity index (χ4v) is 4.16. The highest BCUT2D eigenvalue weighted by molar-refractivity contribution is 7.99. The van der Waals surface area contributed by atoms with E-state index in [1.807, 2.05) is 11.8 Å². The first-order valence-corrected chi connectivity index (χ1v) is 9.12. The predicted molar refractivity (Wildman–Crippen MR) is 86.2 cm³/mol. The molecule has 2 heterocycles. The standard InChI is InChI=1S/C15H29N3OS/c1-3-6-17(2)10-13-4-7-18(11-13)15(19)9-14-12-20-8-5-16-14/h13-14,16H,3-12H2,1-2H3. The van der Waals surface area contributed by atoms with Gasteiger partial charge in [-0.3, -0.25) is 4.79 Å². The van der Waals surface area contributed by atoms with Crippen LogP contribution in [0.25, 0.3) is 0 Å². The van der Waals surface area contributed by atoms with Crippen LogP contribution in [0.5, 0.6) is 0 Å². The molecule has 1 amide bonds. The molecule has 5 heteroatoms. The SMILES string of the molecule is CCCN(C)CC1CCN(C(=O)CC2CSCCN2)C1. The summed E-state index contributed by atoms with van der Waals surface area (Å²) in [7, 11) is 2.19. The van der Waals surface area contributed by atoms with Crippen LogP contribution in [0.4, 0.5) is 0 Å². The van der Waals surface area contributed by atoms with Gasteiger partial charge in [0.15, 0.2) is 0 Å². The zero-order valence-electron chi connectivity index (χ0n) is 12.9. The molecular formula is C15H29N3OS. The maximum atomic E-state index is 12.3. The number of thioether (sulfide) groups is 1. The molecule has 2 saturated heterocycles. The zero-order valence-corrected chi connectivity index (χ0v) is 13.8. The molecule has 1 N–H and O–H groups in total. The third-order valence-corrected chi connectivity index (χ3v) is 5.36. The van der Waals surface area contributed by atoms with Crippen LogP contribution in [-0.4, -0.2) is 73.0 Å². The van der Waals surface area contributed by atoms with E-state index in [4.69, 9.17) is 0 Å². The molecule has 0 spiro atoms. The quantitative estimate of drug-likeness (QED) is 0.801. The van der Waals surface area contributed by atoms with E-state index in [2.05, 4.69) is 29.1 Å². The number of amides is 1. The van der Waals surface area contributed by atoms with Crippen LogP contribution in [0.15, 0.2) is 0 Å². The Morgan fingerprint density at radius 3 is 3.05 bits per heavy atom. The third kappa shape index (κ3) is 4.93. The van der Waals surface area contributed by atoms with E-state index in [0.717, 1.165) is 38.5 Å². The van der Waals surface area contributed by atoms with Crippen molar-refractivity contribution < 1.29 is 4.79 Å². The molecule has 0 aliphatic carbocycles. The van der Waals surface area contributed by atoms with Crippen molar-refractivity contribution in [1.82, 2.24) is 15.1 Å². The minimum absolute atomic E-state index is 0.352. The van der Waals surface area contributed by atoms with E-state index in [9.17, 15) is 4.79 Å². The first-order chi connectivity index (χ1) is 9.69. The maximum absolute atomic E-state index is 12.3. The molecule has 2 fully saturated rings. The van der Waals surface area contributed by atoms with Gasteiger partial charge in [0.05, 0.1) is 0 Å². The lowest BCUT2D eigenvalue weighted by Gasteiger charge is -2.25. The van der Waals surface area contributed by atoms with Gasteiger partial charge in [0.25, 0.3) is 0 Å². The molecule has 2 aliphatic rings. The van der Waals surface area contributed by atoms with Crippen molar-refractivity contribution in [3.8, 4) is 0 Å². The van der Waals surface area contributed by atoms with E-state index in [1.165, 1.54) is 18.6 Å². The van der Waals surface area contributed by atoms with Gasteiger partial charge >= 0.3 is 0 Å². The summed E-state index contributed by atoms with van der Waals surface area (Å²) in [5, 5.41) is 3.46. The van der Waals surface area contributed by atoms with Crippen LogP contribution in [0.2, 0.25) is 0 Å². The highest BCUT2D eigenvalue weighted by atomic mass is 32.2. The van der Waals surface area contributed by atoms with Crippen LogP contribution in [-0.2, 0) is 4.79 Å². The molecule has 20 heavy (non-hydrogen) atoms. The van der Waals surface area contributed by atoms with E-state index in [1.54, 1.807) is 0 Å². The summed E-state index contributed by atoms with van der Waals surface area (Å²) in [6.07, 6.45) is 3.06. The summed E-state index contributed by atoms with van der Waals surface area (Å²) in [6.45, 7) is 7.49. The minimum Gasteiger partial charge on any atom is -0.342 e. The van der Waals surface area contributed by atoms with Crippen molar-refractivity contribution in [3.63, 3.8) is 0 Å². The molecule has 0 aromatic rings. The van der Waals surface area contributed by atoms with E-state index < -0.39 is 0 Å². The summed E-state index contributed by atoms with van der Waals surface area (Å²) < 4.78 is 0. The normalized spacial score (nSPS) is 27.2. The fourth-order valence-electron chi connectivity index (χ4n) is 3.21. The summed E-state index contributed by atoms with van der Waals surface area (Å²) in [5.41, 5.74) is 0. The molecular weight excluding hydrogens is 270 g/mol. The number of nitrogens with zero attached hydrogens (tertiary/aromatic N) is 2. The molecule has 0 aromatic carbocycles. The van der Waals surface area contributed by atoms with Gasteiger partial charge in [-0.2, -0.15) is 11.8 Å². The van der Waals surface area contributed by atoms with E-state index in [0.29, 0.717) is 24.3 Å². The van der Waals surface area contributed by atoms with Gasteiger partial charge in [-0.15, -0.1) is 0 Å². The Morgan fingerprint density at radius 1 is 1.50 bits per heavy atom. The Bertz CT molecular complexity index is 307. The molecule has 4 nitrogen and oxygen atoms in total. The van der Waals surface area contributed by atoms with Gasteiger partial charge in [0.1, 0.15) is 0 Å². The highest BCUT2D eigenvalue weighted by Crippen LogP contribution is 2.19. The average molecular weight is 299 g/mol. The van der Waals surface area contributed by atoms with Crippen molar-refractivity contribution in [2.24, 2.45) is 5.92 Å². The lowest BCUT2D eigenvalue weighted by molar-refractivity contribution is -0.130. The number of carbonyl (C=O) groups is 1. The summed E-state index contributed by atoms with van der Waals surface area (Å²) >= 11 is 1.96. The monoisotopic (exact) mass is 299 g/mol. The predicted octanol–water partition coefficient (Wildman–Crippen LogP) is 1.27. The van der Waals surface area contributed by atoms with Crippen molar-refractivity contribution in [3.05, 3.63) is 0 Å². The molecule has 2 rings (SSSR count). The lowest BCUT2D eigenvalue weighted by atomic mass is 10.1. The van der Waals surface area contributed by atoms with Crippen LogP contribution >= 0.6 is 11.8 Å². The summed E-state index contributed by atoms with van der Waals surface area (Å²) in [5.74, 6) is 3.29. The van der Waals surface area contributed by atoms with Crippen molar-refractivity contribution in [1.29, 1.82) is 0 Å². The Balaban J connectivity index is 1.70. The first kappa shape index (κ1) is 16.1. The molecule has 2 aliphatic heterocycles. The second-order valence-corrected chi connectivity index (χ2v) is 7.34. The molecule has 2 atom stereocenters.